The van der Waals surface area contributed by atoms with Gasteiger partial charge in [0.2, 0.25) is 0 Å². The molecule has 0 spiro atoms. The lowest BCUT2D eigenvalue weighted by molar-refractivity contribution is 0.288. The summed E-state index contributed by atoms with van der Waals surface area (Å²) in [5, 5.41) is 0. The van der Waals surface area contributed by atoms with Gasteiger partial charge in [-0.05, 0) is 45.3 Å². The Hall–Kier alpha value is -1.20. The minimum absolute atomic E-state index is 0.806. The smallest absolute Gasteiger partial charge is 0.132 e. The molecule has 0 amide bonds. The average Bonchev–Trinajstić information content (AvgIpc) is 2.73. The van der Waals surface area contributed by atoms with E-state index in [9.17, 15) is 0 Å². The minimum atomic E-state index is 0.806. The van der Waals surface area contributed by atoms with E-state index in [1.807, 2.05) is 0 Å². The molecule has 112 valence electrons. The summed E-state index contributed by atoms with van der Waals surface area (Å²) in [5.41, 5.74) is 6.68. The zero-order valence-electron chi connectivity index (χ0n) is 12.6. The van der Waals surface area contributed by atoms with E-state index in [-0.39, 0.29) is 0 Å². The van der Waals surface area contributed by atoms with Crippen LogP contribution in [0.4, 0.5) is 5.82 Å². The third kappa shape index (κ3) is 4.42. The van der Waals surface area contributed by atoms with Crippen LogP contribution in [0.2, 0.25) is 0 Å². The van der Waals surface area contributed by atoms with Gasteiger partial charge in [-0.15, -0.1) is 0 Å². The molecule has 2 heterocycles. The van der Waals surface area contributed by atoms with E-state index in [2.05, 4.69) is 32.8 Å². The molecule has 0 radical (unpaired) electrons. The maximum absolute atomic E-state index is 5.56. The molecule has 1 aromatic heterocycles. The first-order valence-corrected chi connectivity index (χ1v) is 7.81. The van der Waals surface area contributed by atoms with Crippen molar-refractivity contribution in [3.8, 4) is 0 Å². The summed E-state index contributed by atoms with van der Waals surface area (Å²) >= 11 is 0. The van der Waals surface area contributed by atoms with E-state index in [1.54, 1.807) is 6.33 Å². The molecular weight excluding hydrogens is 250 g/mol. The van der Waals surface area contributed by atoms with E-state index in [4.69, 9.17) is 5.73 Å². The zero-order chi connectivity index (χ0) is 14.2. The third-order valence-electron chi connectivity index (χ3n) is 3.91. The van der Waals surface area contributed by atoms with Crippen molar-refractivity contribution in [3.63, 3.8) is 0 Å². The van der Waals surface area contributed by atoms with Gasteiger partial charge in [0.25, 0.3) is 0 Å². The molecule has 0 aliphatic carbocycles. The van der Waals surface area contributed by atoms with Crippen LogP contribution in [0, 0.1) is 0 Å². The lowest BCUT2D eigenvalue weighted by atomic mass is 10.3. The highest BCUT2D eigenvalue weighted by atomic mass is 15.2. The third-order valence-corrected chi connectivity index (χ3v) is 3.91. The molecule has 1 aromatic rings. The standard InChI is InChI=1S/C15H27N5/c1-2-14-12-15(18-13-17-14)20-9-5-8-19(10-11-20)7-4-3-6-16/h12-13H,2-11,16H2,1H3. The largest absolute Gasteiger partial charge is 0.355 e. The molecule has 1 fully saturated rings. The van der Waals surface area contributed by atoms with Crippen LogP contribution in [0.25, 0.3) is 0 Å². The first-order valence-electron chi connectivity index (χ1n) is 7.81. The van der Waals surface area contributed by atoms with Gasteiger partial charge in [-0.25, -0.2) is 9.97 Å². The van der Waals surface area contributed by atoms with Gasteiger partial charge < -0.3 is 15.5 Å². The highest BCUT2D eigenvalue weighted by Crippen LogP contribution is 2.14. The summed E-state index contributed by atoms with van der Waals surface area (Å²) in [7, 11) is 0. The molecule has 0 unspecified atom stereocenters. The summed E-state index contributed by atoms with van der Waals surface area (Å²) in [6, 6.07) is 2.13. The molecule has 0 aromatic carbocycles. The van der Waals surface area contributed by atoms with Gasteiger partial charge in [-0.2, -0.15) is 0 Å². The minimum Gasteiger partial charge on any atom is -0.355 e. The molecule has 2 N–H and O–H groups in total. The number of anilines is 1. The number of hydrogen-bond donors (Lipinski definition) is 1. The highest BCUT2D eigenvalue weighted by molar-refractivity contribution is 5.39. The first kappa shape index (κ1) is 15.2. The van der Waals surface area contributed by atoms with Gasteiger partial charge in [0, 0.05) is 31.4 Å². The van der Waals surface area contributed by atoms with E-state index < -0.39 is 0 Å². The van der Waals surface area contributed by atoms with Gasteiger partial charge >= 0.3 is 0 Å². The van der Waals surface area contributed by atoms with Crippen LogP contribution in [0.15, 0.2) is 12.4 Å². The Morgan fingerprint density at radius 2 is 2.05 bits per heavy atom. The zero-order valence-corrected chi connectivity index (χ0v) is 12.6. The molecule has 2 rings (SSSR count). The topological polar surface area (TPSA) is 58.3 Å². The van der Waals surface area contributed by atoms with Crippen molar-refractivity contribution in [3.05, 3.63) is 18.1 Å². The van der Waals surface area contributed by atoms with Crippen LogP contribution in [-0.2, 0) is 6.42 Å². The van der Waals surface area contributed by atoms with Crippen molar-refractivity contribution >= 4 is 5.82 Å². The number of hydrogen-bond acceptors (Lipinski definition) is 5. The molecule has 0 saturated carbocycles. The molecular formula is C15H27N5. The Morgan fingerprint density at radius 3 is 2.85 bits per heavy atom. The van der Waals surface area contributed by atoms with Crippen molar-refractivity contribution in [2.75, 3.05) is 44.2 Å². The number of rotatable bonds is 6. The van der Waals surface area contributed by atoms with Crippen LogP contribution in [0.5, 0.6) is 0 Å². The lowest BCUT2D eigenvalue weighted by Gasteiger charge is -2.22. The molecule has 5 nitrogen and oxygen atoms in total. The molecule has 1 aliphatic rings. The summed E-state index contributed by atoms with van der Waals surface area (Å²) < 4.78 is 0. The van der Waals surface area contributed by atoms with Crippen molar-refractivity contribution < 1.29 is 0 Å². The van der Waals surface area contributed by atoms with Crippen molar-refractivity contribution in [2.45, 2.75) is 32.6 Å². The normalized spacial score (nSPS) is 17.2. The Morgan fingerprint density at radius 1 is 1.15 bits per heavy atom. The van der Waals surface area contributed by atoms with Crippen LogP contribution in [-0.4, -0.2) is 54.1 Å². The Kier molecular flexibility index (Phi) is 6.21. The molecule has 20 heavy (non-hydrogen) atoms. The quantitative estimate of drug-likeness (QED) is 0.794. The molecule has 1 aliphatic heterocycles. The van der Waals surface area contributed by atoms with Gasteiger partial charge in [-0.1, -0.05) is 6.92 Å². The average molecular weight is 277 g/mol. The number of aromatic nitrogens is 2. The number of nitrogens with zero attached hydrogens (tertiary/aromatic N) is 4. The number of aryl methyl sites for hydroxylation is 1. The van der Waals surface area contributed by atoms with Crippen molar-refractivity contribution in [1.82, 2.24) is 14.9 Å². The molecule has 1 saturated heterocycles. The van der Waals surface area contributed by atoms with E-state index >= 15 is 0 Å². The molecule has 5 heteroatoms. The monoisotopic (exact) mass is 277 g/mol. The predicted molar refractivity (Wildman–Crippen MR) is 83.0 cm³/mol. The van der Waals surface area contributed by atoms with Crippen LogP contribution in [0.3, 0.4) is 0 Å². The fraction of sp³-hybridized carbons (Fsp3) is 0.733. The molecule has 0 bridgehead atoms. The SMILES string of the molecule is CCc1cc(N2CCCN(CCCCN)CC2)ncn1. The molecule has 0 atom stereocenters. The Labute approximate surface area is 122 Å². The predicted octanol–water partition coefficient (Wildman–Crippen LogP) is 1.29. The van der Waals surface area contributed by atoms with Gasteiger partial charge in [-0.3, -0.25) is 0 Å². The number of nitrogens with two attached hydrogens (primary N) is 1. The first-order chi connectivity index (χ1) is 9.83. The van der Waals surface area contributed by atoms with E-state index in [1.165, 1.54) is 25.9 Å². The highest BCUT2D eigenvalue weighted by Gasteiger charge is 2.15. The fourth-order valence-corrected chi connectivity index (χ4v) is 2.66. The van der Waals surface area contributed by atoms with E-state index in [0.717, 1.165) is 50.5 Å². The Bertz CT molecular complexity index is 396. The van der Waals surface area contributed by atoms with Gasteiger partial charge in [0.1, 0.15) is 12.1 Å². The summed E-state index contributed by atoms with van der Waals surface area (Å²) in [6.45, 7) is 8.57. The van der Waals surface area contributed by atoms with Crippen LogP contribution >= 0.6 is 0 Å². The number of unbranched alkanes of at least 4 members (excludes halogenated alkanes) is 1. The van der Waals surface area contributed by atoms with Crippen molar-refractivity contribution in [2.24, 2.45) is 5.73 Å². The maximum Gasteiger partial charge on any atom is 0.132 e. The maximum atomic E-state index is 5.56. The van der Waals surface area contributed by atoms with E-state index in [0.29, 0.717) is 0 Å². The second-order valence-corrected chi connectivity index (χ2v) is 5.40. The summed E-state index contributed by atoms with van der Waals surface area (Å²) in [5.74, 6) is 1.08. The lowest BCUT2D eigenvalue weighted by Crippen LogP contribution is -2.32. The van der Waals surface area contributed by atoms with Crippen molar-refractivity contribution in [1.29, 1.82) is 0 Å². The van der Waals surface area contributed by atoms with Crippen LogP contribution < -0.4 is 10.6 Å². The summed E-state index contributed by atoms with van der Waals surface area (Å²) in [4.78, 5) is 13.7. The second-order valence-electron chi connectivity index (χ2n) is 5.40. The van der Waals surface area contributed by atoms with Crippen LogP contribution in [0.1, 0.15) is 31.9 Å². The summed E-state index contributed by atoms with van der Waals surface area (Å²) in [6.07, 6.45) is 6.21. The van der Waals surface area contributed by atoms with Gasteiger partial charge in [0.15, 0.2) is 0 Å². The fourth-order valence-electron chi connectivity index (χ4n) is 2.66. The van der Waals surface area contributed by atoms with Gasteiger partial charge in [0.05, 0.1) is 0 Å². The second kappa shape index (κ2) is 8.17. The Balaban J connectivity index is 1.88.